The first-order valence-corrected chi connectivity index (χ1v) is 9.98. The van der Waals surface area contributed by atoms with E-state index in [2.05, 4.69) is 22.1 Å². The number of aliphatic hydroxyl groups excluding tert-OH is 1. The van der Waals surface area contributed by atoms with Gasteiger partial charge < -0.3 is 14.6 Å². The first-order chi connectivity index (χ1) is 14.7. The molecular weight excluding hydrogens is 400 g/mol. The highest BCUT2D eigenvalue weighted by atomic mass is 32.2. The van der Waals surface area contributed by atoms with E-state index < -0.39 is 0 Å². The lowest BCUT2D eigenvalue weighted by Gasteiger charge is -2.14. The molecule has 2 aromatic heterocycles. The average Bonchev–Trinajstić information content (AvgIpc) is 2.81. The zero-order valence-corrected chi connectivity index (χ0v) is 17.0. The number of aliphatic hydroxyl groups is 1. The molecule has 0 aliphatic heterocycles. The Balaban J connectivity index is 2.06. The van der Waals surface area contributed by atoms with E-state index in [0.29, 0.717) is 33.2 Å². The maximum atomic E-state index is 9.89. The van der Waals surface area contributed by atoms with E-state index in [-0.39, 0.29) is 24.7 Å². The molecule has 30 heavy (non-hydrogen) atoms. The molecule has 150 valence electrons. The lowest BCUT2D eigenvalue weighted by molar-refractivity contribution is 0.201. The molecule has 0 saturated heterocycles. The van der Waals surface area contributed by atoms with Crippen molar-refractivity contribution in [2.24, 2.45) is 0 Å². The smallest absolute Gasteiger partial charge is 0.233 e. The van der Waals surface area contributed by atoms with E-state index in [9.17, 15) is 10.5 Å². The Labute approximate surface area is 178 Å². The summed E-state index contributed by atoms with van der Waals surface area (Å²) in [7, 11) is 1.44. The Bertz CT molecular complexity index is 1090. The van der Waals surface area contributed by atoms with Gasteiger partial charge in [-0.15, -0.1) is 11.8 Å². The summed E-state index contributed by atoms with van der Waals surface area (Å²) < 4.78 is 10.7. The predicted molar refractivity (Wildman–Crippen MR) is 112 cm³/mol. The second-order valence-corrected chi connectivity index (χ2v) is 6.99. The van der Waals surface area contributed by atoms with Crippen molar-refractivity contribution in [2.45, 2.75) is 10.8 Å². The molecule has 0 saturated carbocycles. The van der Waals surface area contributed by atoms with Crippen molar-refractivity contribution in [3.8, 4) is 34.9 Å². The molecule has 0 unspecified atom stereocenters. The largest absolute Gasteiger partial charge is 0.491 e. The number of hydrogen-bond donors (Lipinski definition) is 1. The Morgan fingerprint density at radius 2 is 1.87 bits per heavy atom. The van der Waals surface area contributed by atoms with E-state index in [0.717, 1.165) is 5.56 Å². The van der Waals surface area contributed by atoms with Gasteiger partial charge >= 0.3 is 0 Å². The first kappa shape index (κ1) is 21.1. The van der Waals surface area contributed by atoms with Gasteiger partial charge in [-0.2, -0.15) is 10.5 Å². The van der Waals surface area contributed by atoms with Crippen molar-refractivity contribution in [1.29, 1.82) is 10.5 Å². The number of nitrogens with zero attached hydrogens (tertiary/aromatic N) is 4. The quantitative estimate of drug-likeness (QED) is 0.553. The fourth-order valence-corrected chi connectivity index (χ4v) is 3.72. The van der Waals surface area contributed by atoms with Gasteiger partial charge in [0.2, 0.25) is 5.88 Å². The van der Waals surface area contributed by atoms with Crippen molar-refractivity contribution < 1.29 is 14.6 Å². The molecule has 7 nitrogen and oxygen atoms in total. The Morgan fingerprint density at radius 1 is 1.10 bits per heavy atom. The summed E-state index contributed by atoms with van der Waals surface area (Å²) in [4.78, 5) is 8.52. The van der Waals surface area contributed by atoms with Crippen molar-refractivity contribution in [3.05, 3.63) is 65.5 Å². The van der Waals surface area contributed by atoms with Gasteiger partial charge in [0.05, 0.1) is 19.3 Å². The minimum absolute atomic E-state index is 0.0853. The minimum atomic E-state index is -0.0853. The summed E-state index contributed by atoms with van der Waals surface area (Å²) >= 11 is 1.38. The van der Waals surface area contributed by atoms with Crippen LogP contribution in [0.5, 0.6) is 11.6 Å². The fourth-order valence-electron chi connectivity index (χ4n) is 2.81. The average molecular weight is 418 g/mol. The zero-order valence-electron chi connectivity index (χ0n) is 16.2. The standard InChI is InChI=1S/C22H18N4O3S/c1-28-21-18(11-23)20(16-4-6-17(7-5-16)29-10-9-27)19(12-24)22(26-21)30-14-15-3-2-8-25-13-15/h2-8,13,27H,9-10,14H2,1H3. The van der Waals surface area contributed by atoms with Crippen LogP contribution in [-0.4, -0.2) is 35.4 Å². The fraction of sp³-hybridized carbons (Fsp3) is 0.182. The predicted octanol–water partition coefficient (Wildman–Crippen LogP) is 3.56. The summed E-state index contributed by atoms with van der Waals surface area (Å²) in [6, 6.07) is 15.1. The van der Waals surface area contributed by atoms with Gasteiger partial charge in [-0.25, -0.2) is 4.98 Å². The number of ether oxygens (including phenoxy) is 2. The molecule has 0 amide bonds. The lowest BCUT2D eigenvalue weighted by atomic mass is 9.97. The van der Waals surface area contributed by atoms with Gasteiger partial charge in [-0.05, 0) is 29.3 Å². The number of benzene rings is 1. The van der Waals surface area contributed by atoms with E-state index in [1.807, 2.05) is 12.1 Å². The number of aromatic nitrogens is 2. The molecule has 0 radical (unpaired) electrons. The Morgan fingerprint density at radius 3 is 2.47 bits per heavy atom. The van der Waals surface area contributed by atoms with Crippen LogP contribution in [0.25, 0.3) is 11.1 Å². The summed E-state index contributed by atoms with van der Waals surface area (Å²) in [6.07, 6.45) is 3.45. The molecule has 0 spiro atoms. The zero-order chi connectivity index (χ0) is 21.3. The highest BCUT2D eigenvalue weighted by Crippen LogP contribution is 2.38. The maximum absolute atomic E-state index is 9.89. The number of pyridine rings is 2. The molecule has 3 rings (SSSR count). The van der Waals surface area contributed by atoms with Crippen LogP contribution in [0.2, 0.25) is 0 Å². The molecule has 0 aliphatic rings. The number of hydrogen-bond acceptors (Lipinski definition) is 8. The van der Waals surface area contributed by atoms with Crippen molar-refractivity contribution in [1.82, 2.24) is 9.97 Å². The molecule has 0 aliphatic carbocycles. The molecule has 0 fully saturated rings. The van der Waals surface area contributed by atoms with Crippen molar-refractivity contribution in [3.63, 3.8) is 0 Å². The van der Waals surface area contributed by atoms with Crippen LogP contribution in [0, 0.1) is 22.7 Å². The SMILES string of the molecule is COc1nc(SCc2cccnc2)c(C#N)c(-c2ccc(OCCO)cc2)c1C#N. The van der Waals surface area contributed by atoms with Crippen LogP contribution in [0.15, 0.2) is 53.8 Å². The number of methoxy groups -OCH3 is 1. The second kappa shape index (κ2) is 10.3. The summed E-state index contributed by atoms with van der Waals surface area (Å²) in [5.41, 5.74) is 2.63. The topological polar surface area (TPSA) is 112 Å². The van der Waals surface area contributed by atoms with Gasteiger partial charge in [0.1, 0.15) is 35.1 Å². The van der Waals surface area contributed by atoms with Crippen LogP contribution in [0.3, 0.4) is 0 Å². The van der Waals surface area contributed by atoms with Crippen LogP contribution >= 0.6 is 11.8 Å². The monoisotopic (exact) mass is 418 g/mol. The number of nitriles is 2. The van der Waals surface area contributed by atoms with Gasteiger partial charge in [0.15, 0.2) is 0 Å². The number of rotatable bonds is 8. The van der Waals surface area contributed by atoms with Crippen LogP contribution < -0.4 is 9.47 Å². The van der Waals surface area contributed by atoms with E-state index >= 15 is 0 Å². The molecule has 8 heteroatoms. The van der Waals surface area contributed by atoms with E-state index in [1.54, 1.807) is 36.7 Å². The molecule has 2 heterocycles. The first-order valence-electron chi connectivity index (χ1n) is 8.99. The van der Waals surface area contributed by atoms with Gasteiger partial charge in [0, 0.05) is 23.7 Å². The highest BCUT2D eigenvalue weighted by Gasteiger charge is 2.22. The van der Waals surface area contributed by atoms with Gasteiger partial charge in [0.25, 0.3) is 0 Å². The van der Waals surface area contributed by atoms with Crippen LogP contribution in [0.4, 0.5) is 0 Å². The van der Waals surface area contributed by atoms with Gasteiger partial charge in [-0.1, -0.05) is 18.2 Å². The number of thioether (sulfide) groups is 1. The molecule has 0 bridgehead atoms. The Kier molecular flexibility index (Phi) is 7.23. The maximum Gasteiger partial charge on any atom is 0.233 e. The molecular formula is C22H18N4O3S. The third kappa shape index (κ3) is 4.69. The highest BCUT2D eigenvalue weighted by molar-refractivity contribution is 7.98. The second-order valence-electron chi connectivity index (χ2n) is 6.02. The van der Waals surface area contributed by atoms with E-state index in [4.69, 9.17) is 14.6 Å². The normalized spacial score (nSPS) is 10.1. The van der Waals surface area contributed by atoms with Crippen LogP contribution in [-0.2, 0) is 5.75 Å². The van der Waals surface area contributed by atoms with E-state index in [1.165, 1.54) is 18.9 Å². The third-order valence-electron chi connectivity index (χ3n) is 4.15. The third-order valence-corrected chi connectivity index (χ3v) is 5.20. The Hall–Kier alpha value is -3.59. The van der Waals surface area contributed by atoms with Crippen molar-refractivity contribution in [2.75, 3.05) is 20.3 Å². The van der Waals surface area contributed by atoms with Crippen molar-refractivity contribution >= 4 is 11.8 Å². The van der Waals surface area contributed by atoms with Crippen LogP contribution in [0.1, 0.15) is 16.7 Å². The lowest BCUT2D eigenvalue weighted by Crippen LogP contribution is -2.03. The summed E-state index contributed by atoms with van der Waals surface area (Å²) in [6.45, 7) is 0.0996. The molecule has 3 aromatic rings. The molecule has 0 atom stereocenters. The summed E-state index contributed by atoms with van der Waals surface area (Å²) in [5, 5.41) is 29.0. The molecule has 1 N–H and O–H groups in total. The van der Waals surface area contributed by atoms with Gasteiger partial charge in [-0.3, -0.25) is 4.98 Å². The molecule has 1 aromatic carbocycles. The minimum Gasteiger partial charge on any atom is -0.491 e. The summed E-state index contributed by atoms with van der Waals surface area (Å²) in [5.74, 6) is 1.32.